The van der Waals surface area contributed by atoms with Crippen LogP contribution in [0.3, 0.4) is 0 Å². The third-order valence-corrected chi connectivity index (χ3v) is 5.46. The highest BCUT2D eigenvalue weighted by Crippen LogP contribution is 2.34. The molecular weight excluding hydrogens is 411 g/mol. The fourth-order valence-corrected chi connectivity index (χ4v) is 3.93. The average Bonchev–Trinajstić information content (AvgIpc) is 3.25. The fourth-order valence-electron chi connectivity index (χ4n) is 3.03. The number of carbonyl (C=O) groups is 1. The van der Waals surface area contributed by atoms with Crippen molar-refractivity contribution in [2.75, 3.05) is 5.32 Å². The SMILES string of the molecule is C=CC(=O)Nc1cnc2c(c1)c(C#Cc1cc3cc(C(F)(F)F)ccc3s1)cn2C. The number of halogens is 3. The smallest absolute Gasteiger partial charge is 0.334 e. The van der Waals surface area contributed by atoms with E-state index in [0.717, 1.165) is 22.2 Å². The molecule has 1 amide bonds. The molecule has 0 aliphatic rings. The Balaban J connectivity index is 1.72. The lowest BCUT2D eigenvalue weighted by molar-refractivity contribution is -0.137. The number of thiophene rings is 1. The van der Waals surface area contributed by atoms with E-state index in [4.69, 9.17) is 0 Å². The summed E-state index contributed by atoms with van der Waals surface area (Å²) in [7, 11) is 1.83. The second kappa shape index (κ2) is 7.35. The molecule has 30 heavy (non-hydrogen) atoms. The van der Waals surface area contributed by atoms with E-state index >= 15 is 0 Å². The summed E-state index contributed by atoms with van der Waals surface area (Å²) in [6.07, 6.45) is 0.155. The van der Waals surface area contributed by atoms with E-state index in [1.807, 2.05) is 17.8 Å². The number of fused-ring (bicyclic) bond motifs is 2. The zero-order valence-electron chi connectivity index (χ0n) is 15.7. The Morgan fingerprint density at radius 3 is 2.80 bits per heavy atom. The second-order valence-corrected chi connectivity index (χ2v) is 7.64. The molecular formula is C22H14F3N3OS. The van der Waals surface area contributed by atoms with Gasteiger partial charge in [-0.2, -0.15) is 13.2 Å². The van der Waals surface area contributed by atoms with Gasteiger partial charge in [0.2, 0.25) is 5.91 Å². The monoisotopic (exact) mass is 425 g/mol. The van der Waals surface area contributed by atoms with Gasteiger partial charge in [0, 0.05) is 23.3 Å². The van der Waals surface area contributed by atoms with Crippen molar-refractivity contribution in [1.82, 2.24) is 9.55 Å². The maximum Gasteiger partial charge on any atom is 0.416 e. The third-order valence-electron chi connectivity index (χ3n) is 4.43. The second-order valence-electron chi connectivity index (χ2n) is 6.55. The summed E-state index contributed by atoms with van der Waals surface area (Å²) in [6.45, 7) is 3.42. The van der Waals surface area contributed by atoms with Crippen LogP contribution in [0.15, 0.2) is 55.4 Å². The Morgan fingerprint density at radius 2 is 2.07 bits per heavy atom. The molecule has 3 heterocycles. The maximum absolute atomic E-state index is 12.9. The van der Waals surface area contributed by atoms with Crippen molar-refractivity contribution >= 4 is 44.1 Å². The predicted molar refractivity (Wildman–Crippen MR) is 112 cm³/mol. The van der Waals surface area contributed by atoms with E-state index < -0.39 is 11.7 Å². The zero-order valence-corrected chi connectivity index (χ0v) is 16.5. The highest BCUT2D eigenvalue weighted by molar-refractivity contribution is 7.19. The number of rotatable bonds is 2. The average molecular weight is 425 g/mol. The summed E-state index contributed by atoms with van der Waals surface area (Å²) in [5.41, 5.74) is 1.23. The highest BCUT2D eigenvalue weighted by atomic mass is 32.1. The first-order chi connectivity index (χ1) is 14.2. The fraction of sp³-hybridized carbons (Fsp3) is 0.0909. The molecule has 0 spiro atoms. The molecule has 4 aromatic rings. The van der Waals surface area contributed by atoms with Gasteiger partial charge in [-0.25, -0.2) is 4.98 Å². The molecule has 1 N–H and O–H groups in total. The van der Waals surface area contributed by atoms with Crippen molar-refractivity contribution in [3.05, 3.63) is 71.4 Å². The molecule has 4 rings (SSSR count). The largest absolute Gasteiger partial charge is 0.416 e. The van der Waals surface area contributed by atoms with E-state index in [1.54, 1.807) is 18.3 Å². The van der Waals surface area contributed by atoms with Crippen LogP contribution in [0.5, 0.6) is 0 Å². The van der Waals surface area contributed by atoms with Crippen molar-refractivity contribution in [3.63, 3.8) is 0 Å². The summed E-state index contributed by atoms with van der Waals surface area (Å²) in [5, 5.41) is 3.93. The number of aryl methyl sites for hydroxylation is 1. The first kappa shape index (κ1) is 19.7. The van der Waals surface area contributed by atoms with Crippen LogP contribution in [-0.4, -0.2) is 15.5 Å². The van der Waals surface area contributed by atoms with Crippen molar-refractivity contribution in [2.45, 2.75) is 6.18 Å². The van der Waals surface area contributed by atoms with Gasteiger partial charge in [0.05, 0.1) is 27.9 Å². The predicted octanol–water partition coefficient (Wildman–Crippen LogP) is 5.33. The van der Waals surface area contributed by atoms with Crippen LogP contribution in [0.1, 0.15) is 16.0 Å². The zero-order chi connectivity index (χ0) is 21.5. The number of alkyl halides is 3. The van der Waals surface area contributed by atoms with E-state index in [2.05, 4.69) is 28.7 Å². The third kappa shape index (κ3) is 3.80. The molecule has 4 nitrogen and oxygen atoms in total. The molecule has 0 fully saturated rings. The summed E-state index contributed by atoms with van der Waals surface area (Å²) in [4.78, 5) is 16.5. The van der Waals surface area contributed by atoms with Gasteiger partial charge in [0.1, 0.15) is 5.65 Å². The van der Waals surface area contributed by atoms with Gasteiger partial charge in [0.25, 0.3) is 0 Å². The number of benzene rings is 1. The minimum Gasteiger partial charge on any atom is -0.334 e. The minimum atomic E-state index is -4.38. The van der Waals surface area contributed by atoms with Crippen LogP contribution < -0.4 is 5.32 Å². The molecule has 0 saturated heterocycles. The molecule has 150 valence electrons. The van der Waals surface area contributed by atoms with E-state index in [1.165, 1.54) is 23.5 Å². The van der Waals surface area contributed by atoms with E-state index in [-0.39, 0.29) is 5.91 Å². The van der Waals surface area contributed by atoms with Gasteiger partial charge in [-0.15, -0.1) is 11.3 Å². The van der Waals surface area contributed by atoms with Gasteiger partial charge < -0.3 is 9.88 Å². The number of nitrogens with one attached hydrogen (secondary N) is 1. The normalized spacial score (nSPS) is 11.3. The molecule has 3 aromatic heterocycles. The lowest BCUT2D eigenvalue weighted by Crippen LogP contribution is -2.07. The molecule has 0 saturated carbocycles. The Labute approximate surface area is 173 Å². The van der Waals surface area contributed by atoms with Gasteiger partial charge in [0.15, 0.2) is 0 Å². The van der Waals surface area contributed by atoms with Crippen LogP contribution in [-0.2, 0) is 18.0 Å². The van der Waals surface area contributed by atoms with E-state index in [9.17, 15) is 18.0 Å². The number of nitrogens with zero attached hydrogens (tertiary/aromatic N) is 2. The molecule has 8 heteroatoms. The molecule has 0 radical (unpaired) electrons. The van der Waals surface area contributed by atoms with Crippen molar-refractivity contribution < 1.29 is 18.0 Å². The van der Waals surface area contributed by atoms with Crippen molar-refractivity contribution in [3.8, 4) is 11.8 Å². The van der Waals surface area contributed by atoms with Crippen LogP contribution in [0.2, 0.25) is 0 Å². The van der Waals surface area contributed by atoms with Gasteiger partial charge in [-0.05, 0) is 41.8 Å². The molecule has 0 aliphatic heterocycles. The number of amides is 1. The number of carbonyl (C=O) groups excluding carboxylic acids is 1. The lowest BCUT2D eigenvalue weighted by atomic mass is 10.1. The number of aromatic nitrogens is 2. The Kier molecular flexibility index (Phi) is 4.84. The minimum absolute atomic E-state index is 0.344. The standard InChI is InChI=1S/C22H14F3N3OS/c1-3-20(29)27-16-10-18-13(12-28(2)21(18)26-11-16)4-6-17-9-14-8-15(22(23,24)25)5-7-19(14)30-17/h3,5,7-12H,1H2,2H3,(H,27,29). The van der Waals surface area contributed by atoms with Crippen LogP contribution in [0.4, 0.5) is 18.9 Å². The van der Waals surface area contributed by atoms with Crippen LogP contribution in [0.25, 0.3) is 21.1 Å². The van der Waals surface area contributed by atoms with Crippen LogP contribution in [0, 0.1) is 11.8 Å². The van der Waals surface area contributed by atoms with Gasteiger partial charge >= 0.3 is 6.18 Å². The Bertz CT molecular complexity index is 1370. The highest BCUT2D eigenvalue weighted by Gasteiger charge is 2.30. The summed E-state index contributed by atoms with van der Waals surface area (Å²) in [6, 6.07) is 7.10. The molecule has 1 aromatic carbocycles. The van der Waals surface area contributed by atoms with Gasteiger partial charge in [-0.3, -0.25) is 4.79 Å². The van der Waals surface area contributed by atoms with Gasteiger partial charge in [-0.1, -0.05) is 18.4 Å². The Morgan fingerprint density at radius 1 is 1.27 bits per heavy atom. The quantitative estimate of drug-likeness (QED) is 0.349. The number of hydrogen-bond acceptors (Lipinski definition) is 3. The first-order valence-electron chi connectivity index (χ1n) is 8.76. The number of anilines is 1. The first-order valence-corrected chi connectivity index (χ1v) is 9.57. The summed E-state index contributed by atoms with van der Waals surface area (Å²) in [5.74, 6) is 5.75. The Hall–Kier alpha value is -3.57. The van der Waals surface area contributed by atoms with E-state index in [0.29, 0.717) is 27.2 Å². The van der Waals surface area contributed by atoms with Crippen molar-refractivity contribution in [1.29, 1.82) is 0 Å². The molecule has 0 atom stereocenters. The number of hydrogen-bond donors (Lipinski definition) is 1. The van der Waals surface area contributed by atoms with Crippen LogP contribution >= 0.6 is 11.3 Å². The molecule has 0 unspecified atom stereocenters. The van der Waals surface area contributed by atoms with Crippen molar-refractivity contribution in [2.24, 2.45) is 7.05 Å². The lowest BCUT2D eigenvalue weighted by Gasteiger charge is -2.05. The topological polar surface area (TPSA) is 46.9 Å². The summed E-state index contributed by atoms with van der Waals surface area (Å²) >= 11 is 1.33. The summed E-state index contributed by atoms with van der Waals surface area (Å²) < 4.78 is 41.3. The number of pyridine rings is 1. The molecule has 0 aliphatic carbocycles. The maximum atomic E-state index is 12.9. The molecule has 0 bridgehead atoms.